The summed E-state index contributed by atoms with van der Waals surface area (Å²) in [6.07, 6.45) is 5.00. The molecule has 7 heteroatoms. The molecule has 0 unspecified atom stereocenters. The molecule has 0 aliphatic carbocycles. The normalized spacial score (nSPS) is 19.2. The summed E-state index contributed by atoms with van der Waals surface area (Å²) in [5.74, 6) is 0.194. The molecule has 0 saturated heterocycles. The zero-order chi connectivity index (χ0) is 24.1. The van der Waals surface area contributed by atoms with E-state index in [0.29, 0.717) is 24.5 Å². The maximum Gasteiger partial charge on any atom is 0.259 e. The summed E-state index contributed by atoms with van der Waals surface area (Å²) in [5.41, 5.74) is 3.31. The molecular weight excluding hydrogens is 428 g/mol. The predicted molar refractivity (Wildman–Crippen MR) is 131 cm³/mol. The Morgan fingerprint density at radius 1 is 1.18 bits per heavy atom. The molecule has 178 valence electrons. The number of likely N-dealkylation sites (N-methyl/N-ethyl adjacent to an activating group) is 1. The maximum absolute atomic E-state index is 13.6. The first-order valence-electron chi connectivity index (χ1n) is 11.7. The summed E-state index contributed by atoms with van der Waals surface area (Å²) in [7, 11) is 2.07. The first-order chi connectivity index (χ1) is 16.5. The molecule has 4 rings (SSSR count). The Morgan fingerprint density at radius 2 is 1.97 bits per heavy atom. The van der Waals surface area contributed by atoms with Crippen molar-refractivity contribution in [2.24, 2.45) is 5.92 Å². The van der Waals surface area contributed by atoms with Crippen LogP contribution in [0.4, 0.5) is 0 Å². The van der Waals surface area contributed by atoms with Gasteiger partial charge in [0.05, 0.1) is 12.6 Å². The number of aliphatic hydroxyl groups is 1. The van der Waals surface area contributed by atoms with E-state index in [2.05, 4.69) is 41.0 Å². The molecule has 1 aromatic carbocycles. The first kappa shape index (κ1) is 23.9. The van der Waals surface area contributed by atoms with Crippen LogP contribution in [0.15, 0.2) is 67.1 Å². The molecule has 7 nitrogen and oxygen atoms in total. The fourth-order valence-corrected chi connectivity index (χ4v) is 4.28. The van der Waals surface area contributed by atoms with Crippen LogP contribution in [0.2, 0.25) is 0 Å². The Bertz CT molecular complexity index is 1090. The number of fused-ring (bicyclic) bond motifs is 1. The Hall–Kier alpha value is -3.29. The third kappa shape index (κ3) is 5.43. The van der Waals surface area contributed by atoms with E-state index in [1.54, 1.807) is 23.5 Å². The quantitative estimate of drug-likeness (QED) is 0.582. The molecule has 1 amide bonds. The number of pyridine rings is 2. The Morgan fingerprint density at radius 3 is 2.68 bits per heavy atom. The lowest BCUT2D eigenvalue weighted by molar-refractivity contribution is 0.0325. The lowest BCUT2D eigenvalue weighted by Gasteiger charge is -2.37. The van der Waals surface area contributed by atoms with Gasteiger partial charge in [0, 0.05) is 55.3 Å². The summed E-state index contributed by atoms with van der Waals surface area (Å²) < 4.78 is 6.40. The predicted octanol–water partition coefficient (Wildman–Crippen LogP) is 3.50. The van der Waals surface area contributed by atoms with Gasteiger partial charge in [0.25, 0.3) is 5.91 Å². The number of carbonyl (C=O) groups is 1. The number of ether oxygens (including phenoxy) is 1. The van der Waals surface area contributed by atoms with E-state index in [1.807, 2.05) is 43.3 Å². The van der Waals surface area contributed by atoms with Crippen molar-refractivity contribution in [2.75, 3.05) is 26.7 Å². The number of hydrogen-bond acceptors (Lipinski definition) is 6. The van der Waals surface area contributed by atoms with Crippen molar-refractivity contribution in [1.29, 1.82) is 0 Å². The number of carbonyl (C=O) groups excluding carboxylic acids is 1. The topological polar surface area (TPSA) is 78.8 Å². The molecule has 3 atom stereocenters. The maximum atomic E-state index is 13.6. The third-order valence-corrected chi connectivity index (χ3v) is 6.30. The zero-order valence-corrected chi connectivity index (χ0v) is 20.0. The van der Waals surface area contributed by atoms with Gasteiger partial charge in [-0.15, -0.1) is 0 Å². The Kier molecular flexibility index (Phi) is 7.55. The molecule has 1 N–H and O–H groups in total. The first-order valence-corrected chi connectivity index (χ1v) is 11.7. The Balaban J connectivity index is 1.65. The molecule has 3 aromatic rings. The van der Waals surface area contributed by atoms with Crippen LogP contribution in [-0.4, -0.2) is 69.7 Å². The van der Waals surface area contributed by atoms with Crippen LogP contribution < -0.4 is 4.74 Å². The fourth-order valence-electron chi connectivity index (χ4n) is 4.28. The van der Waals surface area contributed by atoms with Crippen molar-refractivity contribution in [3.05, 3.63) is 78.2 Å². The fraction of sp³-hybridized carbons (Fsp3) is 0.370. The van der Waals surface area contributed by atoms with Crippen molar-refractivity contribution in [3.63, 3.8) is 0 Å². The van der Waals surface area contributed by atoms with E-state index < -0.39 is 0 Å². The van der Waals surface area contributed by atoms with Crippen LogP contribution in [-0.2, 0) is 6.54 Å². The third-order valence-electron chi connectivity index (χ3n) is 6.30. The van der Waals surface area contributed by atoms with Gasteiger partial charge in [-0.2, -0.15) is 0 Å². The van der Waals surface area contributed by atoms with Gasteiger partial charge in [-0.3, -0.25) is 14.7 Å². The number of rotatable bonds is 7. The Labute approximate surface area is 201 Å². The summed E-state index contributed by atoms with van der Waals surface area (Å²) >= 11 is 0. The number of aliphatic hydroxyl groups excluding tert-OH is 1. The SMILES string of the molecule is C[C@@H]1CN([C@H](C)CO)C(=O)c2cc(-c3cccnc3)cnc2O[C@@H]1CN(C)Cc1ccccc1. The highest BCUT2D eigenvalue weighted by Gasteiger charge is 2.34. The van der Waals surface area contributed by atoms with Gasteiger partial charge in [0.2, 0.25) is 5.88 Å². The highest BCUT2D eigenvalue weighted by Crippen LogP contribution is 2.30. The average molecular weight is 461 g/mol. The second kappa shape index (κ2) is 10.8. The minimum atomic E-state index is -0.314. The largest absolute Gasteiger partial charge is 0.472 e. The second-order valence-corrected chi connectivity index (χ2v) is 9.12. The van der Waals surface area contributed by atoms with Gasteiger partial charge in [0.15, 0.2) is 0 Å². The van der Waals surface area contributed by atoms with Crippen LogP contribution in [0.5, 0.6) is 5.88 Å². The summed E-state index contributed by atoms with van der Waals surface area (Å²) in [6.45, 7) is 5.80. The van der Waals surface area contributed by atoms with Gasteiger partial charge in [-0.25, -0.2) is 4.98 Å². The number of amides is 1. The molecule has 34 heavy (non-hydrogen) atoms. The van der Waals surface area contributed by atoms with Gasteiger partial charge < -0.3 is 14.7 Å². The highest BCUT2D eigenvalue weighted by molar-refractivity contribution is 5.98. The smallest absolute Gasteiger partial charge is 0.259 e. The minimum Gasteiger partial charge on any atom is -0.472 e. The number of aromatic nitrogens is 2. The van der Waals surface area contributed by atoms with Crippen LogP contribution >= 0.6 is 0 Å². The van der Waals surface area contributed by atoms with Crippen LogP contribution in [0, 0.1) is 5.92 Å². The van der Waals surface area contributed by atoms with E-state index >= 15 is 0 Å². The average Bonchev–Trinajstić information content (AvgIpc) is 2.86. The van der Waals surface area contributed by atoms with E-state index in [9.17, 15) is 9.90 Å². The van der Waals surface area contributed by atoms with Crippen molar-refractivity contribution in [2.45, 2.75) is 32.5 Å². The van der Waals surface area contributed by atoms with Crippen LogP contribution in [0.3, 0.4) is 0 Å². The lowest BCUT2D eigenvalue weighted by atomic mass is 9.99. The van der Waals surface area contributed by atoms with Gasteiger partial charge in [-0.1, -0.05) is 43.3 Å². The van der Waals surface area contributed by atoms with Crippen LogP contribution in [0.25, 0.3) is 11.1 Å². The summed E-state index contributed by atoms with van der Waals surface area (Å²) in [5, 5.41) is 9.85. The minimum absolute atomic E-state index is 0.0455. The number of hydrogen-bond donors (Lipinski definition) is 1. The highest BCUT2D eigenvalue weighted by atomic mass is 16.5. The van der Waals surface area contributed by atoms with Crippen LogP contribution in [0.1, 0.15) is 29.8 Å². The second-order valence-electron chi connectivity index (χ2n) is 9.12. The molecule has 0 fully saturated rings. The summed E-state index contributed by atoms with van der Waals surface area (Å²) in [4.78, 5) is 26.3. The van der Waals surface area contributed by atoms with Crippen molar-refractivity contribution < 1.29 is 14.6 Å². The molecule has 0 spiro atoms. The molecule has 1 aliphatic rings. The zero-order valence-electron chi connectivity index (χ0n) is 20.0. The molecule has 1 aliphatic heterocycles. The standard InChI is InChI=1S/C27H32N4O3/c1-19-15-31(20(2)18-32)27(33)24-12-23(22-10-7-11-28-13-22)14-29-26(24)34-25(19)17-30(3)16-21-8-5-4-6-9-21/h4-14,19-20,25,32H,15-18H2,1-3H3/t19-,20-,25-/m1/s1. The lowest BCUT2D eigenvalue weighted by Crippen LogP contribution is -2.49. The molecule has 0 bridgehead atoms. The molecule has 2 aromatic heterocycles. The molecule has 0 saturated carbocycles. The van der Waals surface area contributed by atoms with E-state index in [1.165, 1.54) is 5.56 Å². The number of nitrogens with zero attached hydrogens (tertiary/aromatic N) is 4. The van der Waals surface area contributed by atoms with Crippen molar-refractivity contribution in [3.8, 4) is 17.0 Å². The van der Waals surface area contributed by atoms with Crippen molar-refractivity contribution >= 4 is 5.91 Å². The van der Waals surface area contributed by atoms with E-state index in [0.717, 1.165) is 17.7 Å². The molecule has 3 heterocycles. The van der Waals surface area contributed by atoms with Gasteiger partial charge in [0.1, 0.15) is 11.7 Å². The van der Waals surface area contributed by atoms with Gasteiger partial charge >= 0.3 is 0 Å². The van der Waals surface area contributed by atoms with E-state index in [4.69, 9.17) is 4.74 Å². The van der Waals surface area contributed by atoms with Gasteiger partial charge in [-0.05, 0) is 31.7 Å². The van der Waals surface area contributed by atoms with E-state index in [-0.39, 0.29) is 30.6 Å². The van der Waals surface area contributed by atoms with Crippen molar-refractivity contribution in [1.82, 2.24) is 19.8 Å². The molecule has 0 radical (unpaired) electrons. The summed E-state index contributed by atoms with van der Waals surface area (Å²) in [6, 6.07) is 15.6. The molecular formula is C27H32N4O3. The number of benzene rings is 1. The monoisotopic (exact) mass is 460 g/mol.